The van der Waals surface area contributed by atoms with Crippen LogP contribution >= 0.6 is 11.3 Å². The van der Waals surface area contributed by atoms with Crippen LogP contribution in [-0.4, -0.2) is 36.4 Å². The molecule has 0 unspecified atom stereocenters. The van der Waals surface area contributed by atoms with Crippen LogP contribution in [-0.2, 0) is 11.3 Å². The van der Waals surface area contributed by atoms with Crippen molar-refractivity contribution in [3.8, 4) is 0 Å². The second-order valence-corrected chi connectivity index (χ2v) is 8.43. The molecule has 2 aromatic carbocycles. The maximum atomic E-state index is 10.6. The van der Waals surface area contributed by atoms with Crippen molar-refractivity contribution in [2.24, 2.45) is 0 Å². The first-order valence-corrected chi connectivity index (χ1v) is 10.9. The summed E-state index contributed by atoms with van der Waals surface area (Å²) in [5.74, 6) is -2.76. The van der Waals surface area contributed by atoms with Crippen LogP contribution in [0.2, 0.25) is 0 Å². The molecule has 8 heteroatoms. The highest BCUT2D eigenvalue weighted by Crippen LogP contribution is 2.30. The number of hydrogen-bond acceptors (Lipinski definition) is 4. The smallest absolute Gasteiger partial charge is 0.475 e. The molecule has 2 heterocycles. The first kappa shape index (κ1) is 23.1. The number of nitrogens with one attached hydrogen (secondary N) is 1. The van der Waals surface area contributed by atoms with Gasteiger partial charge in [0.1, 0.15) is 0 Å². The predicted molar refractivity (Wildman–Crippen MR) is 119 cm³/mol. The number of hydrogen-bond donors (Lipinski definition) is 2. The van der Waals surface area contributed by atoms with Crippen molar-refractivity contribution < 1.29 is 23.1 Å². The summed E-state index contributed by atoms with van der Waals surface area (Å²) in [5, 5.41) is 14.2. The summed E-state index contributed by atoms with van der Waals surface area (Å²) in [6.07, 6.45) is -2.65. The fraction of sp³-hybridized carbons (Fsp3) is 0.348. The van der Waals surface area contributed by atoms with Crippen molar-refractivity contribution in [3.63, 3.8) is 0 Å². The summed E-state index contributed by atoms with van der Waals surface area (Å²) in [4.78, 5) is 11.5. The molecule has 3 aromatic rings. The average molecular weight is 451 g/mol. The molecule has 1 fully saturated rings. The summed E-state index contributed by atoms with van der Waals surface area (Å²) < 4.78 is 33.1. The number of aryl methyl sites for hydroxylation is 1. The van der Waals surface area contributed by atoms with Gasteiger partial charge in [-0.25, -0.2) is 4.79 Å². The molecule has 0 amide bonds. The van der Waals surface area contributed by atoms with E-state index in [4.69, 9.17) is 9.90 Å². The molecule has 1 aromatic heterocycles. The van der Waals surface area contributed by atoms with Crippen LogP contribution in [0.4, 0.5) is 18.9 Å². The van der Waals surface area contributed by atoms with E-state index in [0.717, 1.165) is 19.6 Å². The Labute approximate surface area is 183 Å². The van der Waals surface area contributed by atoms with Gasteiger partial charge in [0.05, 0.1) is 0 Å². The third kappa shape index (κ3) is 6.21. The fourth-order valence-corrected chi connectivity index (χ4v) is 4.42. The molecule has 1 saturated heterocycles. The van der Waals surface area contributed by atoms with E-state index in [2.05, 4.69) is 71.1 Å². The second kappa shape index (κ2) is 10.2. The highest BCUT2D eigenvalue weighted by molar-refractivity contribution is 7.17. The number of thiophene rings is 1. The zero-order valence-corrected chi connectivity index (χ0v) is 18.0. The largest absolute Gasteiger partial charge is 0.490 e. The van der Waals surface area contributed by atoms with E-state index in [-0.39, 0.29) is 0 Å². The lowest BCUT2D eigenvalue weighted by molar-refractivity contribution is -0.192. The fourth-order valence-electron chi connectivity index (χ4n) is 3.65. The quantitative estimate of drug-likeness (QED) is 0.543. The van der Waals surface area contributed by atoms with Crippen LogP contribution < -0.4 is 10.2 Å². The van der Waals surface area contributed by atoms with E-state index in [9.17, 15) is 13.2 Å². The molecule has 0 atom stereocenters. The second-order valence-electron chi connectivity index (χ2n) is 7.48. The van der Waals surface area contributed by atoms with Gasteiger partial charge in [-0.3, -0.25) is 0 Å². The van der Waals surface area contributed by atoms with Gasteiger partial charge in [0.15, 0.2) is 0 Å². The molecule has 4 rings (SSSR count). The normalized spacial score (nSPS) is 14.7. The molecule has 0 aliphatic carbocycles. The Morgan fingerprint density at radius 3 is 2.48 bits per heavy atom. The van der Waals surface area contributed by atoms with Crippen LogP contribution in [0, 0.1) is 6.92 Å². The number of carboxylic acids is 1. The third-order valence-electron chi connectivity index (χ3n) is 5.36. The minimum absolute atomic E-state index is 0.613. The van der Waals surface area contributed by atoms with Gasteiger partial charge in [0.2, 0.25) is 0 Å². The number of carboxylic acid groups (broad SMARTS) is 1. The Hall–Kier alpha value is -2.58. The number of nitrogens with zero attached hydrogens (tertiary/aromatic N) is 1. The molecule has 166 valence electrons. The lowest BCUT2D eigenvalue weighted by atomic mass is 10.0. The Balaban J connectivity index is 0.000000339. The molecule has 2 N–H and O–H groups in total. The Morgan fingerprint density at radius 2 is 1.84 bits per heavy atom. The van der Waals surface area contributed by atoms with Crippen LogP contribution in [0.25, 0.3) is 10.1 Å². The number of carbonyl (C=O) groups is 1. The maximum Gasteiger partial charge on any atom is 0.490 e. The summed E-state index contributed by atoms with van der Waals surface area (Å²) in [6.45, 7) is 5.45. The zero-order chi connectivity index (χ0) is 22.4. The number of fused-ring (bicyclic) bond motifs is 1. The van der Waals surface area contributed by atoms with Crippen molar-refractivity contribution in [2.45, 2.75) is 38.5 Å². The number of halogens is 3. The molecule has 0 bridgehead atoms. The van der Waals surface area contributed by atoms with Crippen molar-refractivity contribution in [1.29, 1.82) is 0 Å². The van der Waals surface area contributed by atoms with Crippen molar-refractivity contribution in [1.82, 2.24) is 5.32 Å². The lowest BCUT2D eigenvalue weighted by Gasteiger charge is -2.37. The van der Waals surface area contributed by atoms with Crippen LogP contribution in [0.15, 0.2) is 53.9 Å². The minimum atomic E-state index is -5.08. The Kier molecular flexibility index (Phi) is 7.56. The van der Waals surface area contributed by atoms with Gasteiger partial charge in [-0.05, 0) is 79.0 Å². The van der Waals surface area contributed by atoms with E-state index in [1.54, 1.807) is 0 Å². The summed E-state index contributed by atoms with van der Waals surface area (Å²) in [5.41, 5.74) is 4.17. The highest BCUT2D eigenvalue weighted by atomic mass is 32.1. The van der Waals surface area contributed by atoms with Gasteiger partial charge in [-0.1, -0.05) is 24.3 Å². The molecule has 0 saturated carbocycles. The molecular formula is C23H25F3N2O2S. The standard InChI is InChI=1S/C21H24N2S.C2HF3O2/c1-16-4-2-3-5-18(16)15-23(19-8-11-22-12-9-19)20-6-7-21-17(14-20)10-13-24-21;3-2(4,5)1(6)7/h2-7,10,13-14,19,22H,8-9,11-12,15H2,1H3;(H,6,7). The average Bonchev–Trinajstić information content (AvgIpc) is 3.21. The van der Waals surface area contributed by atoms with E-state index in [1.165, 1.54) is 39.7 Å². The predicted octanol–water partition coefficient (Wildman–Crippen LogP) is 5.60. The van der Waals surface area contributed by atoms with E-state index in [0.29, 0.717) is 6.04 Å². The summed E-state index contributed by atoms with van der Waals surface area (Å²) in [7, 11) is 0. The molecule has 0 spiro atoms. The SMILES string of the molecule is Cc1ccccc1CN(c1ccc2sccc2c1)C1CCNCC1.O=C(O)C(F)(F)F. The van der Waals surface area contributed by atoms with Gasteiger partial charge in [-0.15, -0.1) is 11.3 Å². The number of alkyl halides is 3. The lowest BCUT2D eigenvalue weighted by Crippen LogP contribution is -2.43. The summed E-state index contributed by atoms with van der Waals surface area (Å²) >= 11 is 1.82. The summed E-state index contributed by atoms with van der Waals surface area (Å²) in [6, 6.07) is 18.6. The monoisotopic (exact) mass is 450 g/mol. The number of anilines is 1. The van der Waals surface area contributed by atoms with E-state index in [1.807, 2.05) is 11.3 Å². The molecular weight excluding hydrogens is 425 g/mol. The first-order chi connectivity index (χ1) is 14.8. The number of rotatable bonds is 4. The van der Waals surface area contributed by atoms with Gasteiger partial charge >= 0.3 is 12.1 Å². The number of benzene rings is 2. The van der Waals surface area contributed by atoms with Gasteiger partial charge in [0.25, 0.3) is 0 Å². The van der Waals surface area contributed by atoms with E-state index >= 15 is 0 Å². The van der Waals surface area contributed by atoms with Gasteiger partial charge < -0.3 is 15.3 Å². The maximum absolute atomic E-state index is 10.6. The number of piperidine rings is 1. The molecule has 1 aliphatic rings. The topological polar surface area (TPSA) is 52.6 Å². The minimum Gasteiger partial charge on any atom is -0.475 e. The van der Waals surface area contributed by atoms with Gasteiger partial charge in [0, 0.05) is 23.0 Å². The zero-order valence-electron chi connectivity index (χ0n) is 17.2. The van der Waals surface area contributed by atoms with Crippen molar-refractivity contribution in [3.05, 3.63) is 65.0 Å². The molecule has 31 heavy (non-hydrogen) atoms. The highest BCUT2D eigenvalue weighted by Gasteiger charge is 2.38. The van der Waals surface area contributed by atoms with Crippen molar-refractivity contribution in [2.75, 3.05) is 18.0 Å². The van der Waals surface area contributed by atoms with Crippen molar-refractivity contribution >= 4 is 33.1 Å². The first-order valence-electron chi connectivity index (χ1n) is 10.0. The number of aliphatic carboxylic acids is 1. The van der Waals surface area contributed by atoms with E-state index < -0.39 is 12.1 Å². The van der Waals surface area contributed by atoms with Crippen LogP contribution in [0.3, 0.4) is 0 Å². The molecule has 0 radical (unpaired) electrons. The molecule has 1 aliphatic heterocycles. The molecule has 4 nitrogen and oxygen atoms in total. The van der Waals surface area contributed by atoms with Crippen LogP contribution in [0.5, 0.6) is 0 Å². The Bertz CT molecular complexity index is 1010. The third-order valence-corrected chi connectivity index (χ3v) is 6.26. The van der Waals surface area contributed by atoms with Gasteiger partial charge in [-0.2, -0.15) is 13.2 Å². The Morgan fingerprint density at radius 1 is 1.16 bits per heavy atom. The van der Waals surface area contributed by atoms with Crippen LogP contribution in [0.1, 0.15) is 24.0 Å².